The third-order valence-corrected chi connectivity index (χ3v) is 9.17. The quantitative estimate of drug-likeness (QED) is 0.121. The van der Waals surface area contributed by atoms with Crippen LogP contribution in [-0.4, -0.2) is 29.7 Å². The lowest BCUT2D eigenvalue weighted by atomic mass is 9.84. The molecule has 5 aromatic carbocycles. The molecule has 6 heteroatoms. The molecule has 3 N–H and O–H groups in total. The number of nitrogens with two attached hydrogens (primary N) is 1. The van der Waals surface area contributed by atoms with Gasteiger partial charge in [0, 0.05) is 5.75 Å². The molecule has 0 heterocycles. The van der Waals surface area contributed by atoms with Crippen LogP contribution in [0.5, 0.6) is 0 Å². The molecule has 0 aliphatic carbocycles. The fraction of sp³-hybridized carbons (Fsp3) is 0.158. The minimum Gasteiger partial charge on any atom is -0.451 e. The second-order valence-electron chi connectivity index (χ2n) is 10.6. The summed E-state index contributed by atoms with van der Waals surface area (Å²) in [6, 6.07) is 48.1. The van der Waals surface area contributed by atoms with Gasteiger partial charge in [-0.15, -0.1) is 11.8 Å². The summed E-state index contributed by atoms with van der Waals surface area (Å²) in [6.45, 7) is 1.62. The standard InChI is InChI=1S/C38H36N2O3S/c1-28(37(42)43-35(29-17-7-2-8-18-29)30-19-9-3-10-20-30)40-36(41)34(39)27-44-38(31-21-11-4-12-22-31,32-23-13-5-14-24-32)33-25-15-6-16-26-33/h2-26,28,34-35H,27,39H2,1H3,(H,40,41)/t28-,34-/m0/s1. The molecule has 5 nitrogen and oxygen atoms in total. The van der Waals surface area contributed by atoms with E-state index >= 15 is 0 Å². The summed E-state index contributed by atoms with van der Waals surface area (Å²) in [7, 11) is 0. The van der Waals surface area contributed by atoms with Crippen LogP contribution in [0.15, 0.2) is 152 Å². The van der Waals surface area contributed by atoms with Crippen LogP contribution in [0.2, 0.25) is 0 Å². The number of esters is 1. The van der Waals surface area contributed by atoms with E-state index in [0.717, 1.165) is 27.8 Å². The third kappa shape index (κ3) is 7.10. The normalized spacial score (nSPS) is 12.7. The van der Waals surface area contributed by atoms with Crippen molar-refractivity contribution in [2.45, 2.75) is 29.9 Å². The number of ether oxygens (including phenoxy) is 1. The van der Waals surface area contributed by atoms with Crippen molar-refractivity contribution in [3.8, 4) is 0 Å². The van der Waals surface area contributed by atoms with Gasteiger partial charge < -0.3 is 15.8 Å². The Bertz CT molecular complexity index is 1480. The first-order chi connectivity index (χ1) is 21.5. The van der Waals surface area contributed by atoms with Gasteiger partial charge in [-0.3, -0.25) is 4.79 Å². The molecular formula is C38H36N2O3S. The van der Waals surface area contributed by atoms with Gasteiger partial charge in [0.25, 0.3) is 0 Å². The lowest BCUT2D eigenvalue weighted by molar-refractivity contribution is -0.151. The topological polar surface area (TPSA) is 81.4 Å². The van der Waals surface area contributed by atoms with Crippen molar-refractivity contribution in [3.05, 3.63) is 179 Å². The minimum absolute atomic E-state index is 0.308. The molecule has 1 amide bonds. The molecule has 5 aromatic rings. The molecule has 0 saturated carbocycles. The molecule has 0 saturated heterocycles. The average molecular weight is 601 g/mol. The monoisotopic (exact) mass is 600 g/mol. The summed E-state index contributed by atoms with van der Waals surface area (Å²) in [5.74, 6) is -0.646. The number of carbonyl (C=O) groups excluding carboxylic acids is 2. The Morgan fingerprint density at radius 2 is 1.02 bits per heavy atom. The van der Waals surface area contributed by atoms with Gasteiger partial charge in [0.15, 0.2) is 6.10 Å². The number of hydrogen-bond acceptors (Lipinski definition) is 5. The smallest absolute Gasteiger partial charge is 0.329 e. The summed E-state index contributed by atoms with van der Waals surface area (Å²) in [5.41, 5.74) is 11.4. The van der Waals surface area contributed by atoms with E-state index in [1.165, 1.54) is 0 Å². The van der Waals surface area contributed by atoms with E-state index in [1.54, 1.807) is 18.7 Å². The molecule has 0 fully saturated rings. The van der Waals surface area contributed by atoms with Gasteiger partial charge >= 0.3 is 5.97 Å². The first-order valence-corrected chi connectivity index (χ1v) is 15.6. The Hall–Kier alpha value is -4.65. The number of amides is 1. The van der Waals surface area contributed by atoms with Crippen molar-refractivity contribution in [2.75, 3.05) is 5.75 Å². The predicted molar refractivity (Wildman–Crippen MR) is 178 cm³/mol. The zero-order chi connectivity index (χ0) is 30.8. The van der Waals surface area contributed by atoms with Gasteiger partial charge in [-0.1, -0.05) is 152 Å². The highest BCUT2D eigenvalue weighted by atomic mass is 32.2. The number of hydrogen-bond donors (Lipinski definition) is 2. The molecule has 222 valence electrons. The summed E-state index contributed by atoms with van der Waals surface area (Å²) >= 11 is 1.60. The highest BCUT2D eigenvalue weighted by Crippen LogP contribution is 2.48. The van der Waals surface area contributed by atoms with E-state index in [-0.39, 0.29) is 0 Å². The van der Waals surface area contributed by atoms with Crippen molar-refractivity contribution in [3.63, 3.8) is 0 Å². The lowest BCUT2D eigenvalue weighted by Crippen LogP contribution is -2.49. The van der Waals surface area contributed by atoms with Crippen molar-refractivity contribution >= 4 is 23.6 Å². The van der Waals surface area contributed by atoms with E-state index in [0.29, 0.717) is 5.75 Å². The van der Waals surface area contributed by atoms with Crippen molar-refractivity contribution < 1.29 is 14.3 Å². The third-order valence-electron chi connectivity index (χ3n) is 7.51. The van der Waals surface area contributed by atoms with E-state index in [2.05, 4.69) is 41.7 Å². The van der Waals surface area contributed by atoms with Gasteiger partial charge in [-0.05, 0) is 34.7 Å². The number of rotatable bonds is 12. The van der Waals surface area contributed by atoms with E-state index < -0.39 is 34.8 Å². The number of nitrogens with one attached hydrogen (secondary N) is 1. The average Bonchev–Trinajstić information content (AvgIpc) is 3.09. The molecule has 0 aliphatic heterocycles. The van der Waals surface area contributed by atoms with Crippen LogP contribution in [0.3, 0.4) is 0 Å². The Morgan fingerprint density at radius 1 is 0.659 bits per heavy atom. The van der Waals surface area contributed by atoms with Crippen molar-refractivity contribution in [1.29, 1.82) is 0 Å². The largest absolute Gasteiger partial charge is 0.451 e. The Balaban J connectivity index is 1.32. The van der Waals surface area contributed by atoms with Crippen LogP contribution in [-0.2, 0) is 19.1 Å². The first-order valence-electron chi connectivity index (χ1n) is 14.7. The molecule has 0 aromatic heterocycles. The summed E-state index contributed by atoms with van der Waals surface area (Å²) < 4.78 is 5.35. The van der Waals surface area contributed by atoms with Crippen LogP contribution in [0.1, 0.15) is 40.8 Å². The maximum absolute atomic E-state index is 13.4. The Kier molecular flexibility index (Phi) is 10.3. The second-order valence-corrected chi connectivity index (χ2v) is 11.8. The highest BCUT2D eigenvalue weighted by Gasteiger charge is 2.38. The van der Waals surface area contributed by atoms with E-state index in [4.69, 9.17) is 10.5 Å². The Labute approximate surface area is 263 Å². The van der Waals surface area contributed by atoms with Crippen molar-refractivity contribution in [2.24, 2.45) is 5.73 Å². The van der Waals surface area contributed by atoms with Crippen LogP contribution in [0, 0.1) is 0 Å². The fourth-order valence-electron chi connectivity index (χ4n) is 5.24. The summed E-state index contributed by atoms with van der Waals surface area (Å²) in [4.78, 5) is 26.6. The molecule has 0 aliphatic rings. The predicted octanol–water partition coefficient (Wildman–Crippen LogP) is 6.88. The Morgan fingerprint density at radius 3 is 1.41 bits per heavy atom. The van der Waals surface area contributed by atoms with Crippen LogP contribution >= 0.6 is 11.8 Å². The van der Waals surface area contributed by atoms with Crippen LogP contribution in [0.4, 0.5) is 0 Å². The zero-order valence-electron chi connectivity index (χ0n) is 24.6. The van der Waals surface area contributed by atoms with Gasteiger partial charge in [-0.2, -0.15) is 0 Å². The van der Waals surface area contributed by atoms with Crippen LogP contribution in [0.25, 0.3) is 0 Å². The molecule has 0 unspecified atom stereocenters. The SMILES string of the molecule is C[C@H](NC(=O)[C@@H](N)CSC(c1ccccc1)(c1ccccc1)c1ccccc1)C(=O)OC(c1ccccc1)c1ccccc1. The molecule has 0 spiro atoms. The number of carbonyl (C=O) groups is 2. The van der Waals surface area contributed by atoms with Gasteiger partial charge in [0.2, 0.25) is 5.91 Å². The number of thioether (sulfide) groups is 1. The first kappa shape index (κ1) is 30.8. The summed E-state index contributed by atoms with van der Waals surface area (Å²) in [6.07, 6.45) is -0.600. The number of benzene rings is 5. The highest BCUT2D eigenvalue weighted by molar-refractivity contribution is 8.00. The molecule has 0 bridgehead atoms. The lowest BCUT2D eigenvalue weighted by Gasteiger charge is -2.36. The maximum atomic E-state index is 13.4. The fourth-order valence-corrected chi connectivity index (χ4v) is 6.73. The van der Waals surface area contributed by atoms with Gasteiger partial charge in [0.05, 0.1) is 10.8 Å². The van der Waals surface area contributed by atoms with Gasteiger partial charge in [0.1, 0.15) is 6.04 Å². The summed E-state index contributed by atoms with van der Waals surface area (Å²) in [5, 5.41) is 2.79. The van der Waals surface area contributed by atoms with Crippen LogP contribution < -0.4 is 11.1 Å². The molecule has 0 radical (unpaired) electrons. The molecule has 44 heavy (non-hydrogen) atoms. The maximum Gasteiger partial charge on any atom is 0.329 e. The van der Waals surface area contributed by atoms with E-state index in [1.807, 2.05) is 115 Å². The van der Waals surface area contributed by atoms with Gasteiger partial charge in [-0.25, -0.2) is 4.79 Å². The minimum atomic E-state index is -0.893. The van der Waals surface area contributed by atoms with Crippen molar-refractivity contribution in [1.82, 2.24) is 5.32 Å². The van der Waals surface area contributed by atoms with E-state index in [9.17, 15) is 9.59 Å². The zero-order valence-corrected chi connectivity index (χ0v) is 25.4. The molecule has 5 rings (SSSR count). The second kappa shape index (κ2) is 14.7. The molecule has 2 atom stereocenters. The molecular weight excluding hydrogens is 564 g/mol.